The number of benzene rings is 3. The first kappa shape index (κ1) is 26.0. The Bertz CT molecular complexity index is 1370. The zero-order valence-corrected chi connectivity index (χ0v) is 21.1. The van der Waals surface area contributed by atoms with Gasteiger partial charge in [-0.15, -0.1) is 0 Å². The molecule has 0 atom stereocenters. The lowest BCUT2D eigenvalue weighted by Crippen LogP contribution is -2.27. The Balaban J connectivity index is 1.45. The average molecular weight is 521 g/mol. The zero-order valence-electron chi connectivity index (χ0n) is 20.3. The minimum absolute atomic E-state index is 0.143. The largest absolute Gasteiger partial charge is 0.490 e. The number of carbonyl (C=O) groups excluding carboxylic acids is 3. The van der Waals surface area contributed by atoms with Gasteiger partial charge in [0, 0.05) is 11.3 Å². The van der Waals surface area contributed by atoms with E-state index in [0.29, 0.717) is 29.4 Å². The van der Waals surface area contributed by atoms with Crippen LogP contribution in [0.15, 0.2) is 71.6 Å². The minimum atomic E-state index is -0.496. The highest BCUT2D eigenvalue weighted by Gasteiger charge is 2.35. The molecule has 37 heavy (non-hydrogen) atoms. The summed E-state index contributed by atoms with van der Waals surface area (Å²) in [5, 5.41) is 2.32. The van der Waals surface area contributed by atoms with E-state index in [4.69, 9.17) is 9.47 Å². The van der Waals surface area contributed by atoms with Gasteiger partial charge in [0.2, 0.25) is 0 Å². The number of ether oxygens (including phenoxy) is 2. The summed E-state index contributed by atoms with van der Waals surface area (Å²) in [7, 11) is 0. The predicted molar refractivity (Wildman–Crippen MR) is 141 cm³/mol. The number of aryl methyl sites for hydroxylation is 1. The third kappa shape index (κ3) is 6.56. The lowest BCUT2D eigenvalue weighted by atomic mass is 10.1. The van der Waals surface area contributed by atoms with Gasteiger partial charge < -0.3 is 14.8 Å². The molecule has 1 heterocycles. The number of anilines is 1. The Hall–Kier alpha value is -4.11. The van der Waals surface area contributed by atoms with Crippen molar-refractivity contribution in [3.8, 4) is 11.5 Å². The molecule has 3 aromatic rings. The fourth-order valence-electron chi connectivity index (χ4n) is 3.65. The van der Waals surface area contributed by atoms with Crippen molar-refractivity contribution in [2.45, 2.75) is 20.4 Å². The van der Waals surface area contributed by atoms with Crippen molar-refractivity contribution in [1.29, 1.82) is 0 Å². The third-order valence-electron chi connectivity index (χ3n) is 5.39. The average Bonchev–Trinajstić information content (AvgIpc) is 3.12. The molecule has 3 aromatic carbocycles. The molecule has 1 aliphatic heterocycles. The summed E-state index contributed by atoms with van der Waals surface area (Å²) in [5.74, 6) is -0.531. The molecule has 0 spiro atoms. The molecular formula is C28H25FN2O5S. The van der Waals surface area contributed by atoms with Gasteiger partial charge in [-0.3, -0.25) is 19.3 Å². The fraction of sp³-hybridized carbons (Fsp3) is 0.179. The molecule has 0 aliphatic carbocycles. The van der Waals surface area contributed by atoms with Crippen LogP contribution in [-0.4, -0.2) is 35.2 Å². The van der Waals surface area contributed by atoms with E-state index < -0.39 is 17.0 Å². The molecule has 7 nitrogen and oxygen atoms in total. The monoisotopic (exact) mass is 520 g/mol. The molecule has 0 unspecified atom stereocenters. The summed E-state index contributed by atoms with van der Waals surface area (Å²) in [5.41, 5.74) is 2.57. The Morgan fingerprint density at radius 1 is 1.03 bits per heavy atom. The van der Waals surface area contributed by atoms with Gasteiger partial charge in [-0.1, -0.05) is 36.4 Å². The van der Waals surface area contributed by atoms with Crippen LogP contribution in [0.2, 0.25) is 0 Å². The van der Waals surface area contributed by atoms with Crippen molar-refractivity contribution in [3.63, 3.8) is 0 Å². The van der Waals surface area contributed by atoms with Crippen LogP contribution in [0.1, 0.15) is 23.6 Å². The van der Waals surface area contributed by atoms with Crippen LogP contribution < -0.4 is 14.8 Å². The second kappa shape index (κ2) is 11.7. The van der Waals surface area contributed by atoms with Crippen molar-refractivity contribution in [2.75, 3.05) is 18.5 Å². The number of halogens is 1. The predicted octanol–water partition coefficient (Wildman–Crippen LogP) is 5.79. The highest BCUT2D eigenvalue weighted by molar-refractivity contribution is 8.18. The summed E-state index contributed by atoms with van der Waals surface area (Å²) in [4.78, 5) is 38.9. The number of nitrogens with zero attached hydrogens (tertiary/aromatic N) is 1. The molecule has 3 amide bonds. The number of thioether (sulfide) groups is 1. The lowest BCUT2D eigenvalue weighted by molar-refractivity contribution is -0.123. The van der Waals surface area contributed by atoms with E-state index in [0.717, 1.165) is 22.2 Å². The first-order chi connectivity index (χ1) is 17.8. The van der Waals surface area contributed by atoms with Gasteiger partial charge in [0.25, 0.3) is 17.1 Å². The van der Waals surface area contributed by atoms with Crippen molar-refractivity contribution >= 4 is 40.6 Å². The van der Waals surface area contributed by atoms with Crippen LogP contribution in [-0.2, 0) is 16.1 Å². The maximum atomic E-state index is 14.0. The summed E-state index contributed by atoms with van der Waals surface area (Å²) >= 11 is 0.792. The van der Waals surface area contributed by atoms with E-state index >= 15 is 0 Å². The number of imide groups is 1. The number of carbonyl (C=O) groups is 3. The molecule has 0 radical (unpaired) electrons. The normalized spacial score (nSPS) is 14.2. The van der Waals surface area contributed by atoms with Crippen LogP contribution in [0.4, 0.5) is 14.9 Å². The maximum Gasteiger partial charge on any atom is 0.293 e. The Morgan fingerprint density at radius 2 is 1.84 bits per heavy atom. The SMILES string of the molecule is CCOc1cc(/C=C2/SC(=O)N(Cc3ccccc3F)C2=O)ccc1OCC(=O)Nc1cccc(C)c1. The highest BCUT2D eigenvalue weighted by atomic mass is 32.2. The van der Waals surface area contributed by atoms with E-state index in [-0.39, 0.29) is 29.5 Å². The molecule has 0 bridgehead atoms. The van der Waals surface area contributed by atoms with E-state index in [2.05, 4.69) is 5.32 Å². The fourth-order valence-corrected chi connectivity index (χ4v) is 4.49. The van der Waals surface area contributed by atoms with E-state index in [9.17, 15) is 18.8 Å². The van der Waals surface area contributed by atoms with Crippen LogP contribution in [0.3, 0.4) is 0 Å². The summed E-state index contributed by atoms with van der Waals surface area (Å²) < 4.78 is 25.4. The Labute approximate surface area is 218 Å². The second-order valence-electron chi connectivity index (χ2n) is 8.20. The molecule has 1 saturated heterocycles. The summed E-state index contributed by atoms with van der Waals surface area (Å²) in [6.07, 6.45) is 1.57. The smallest absolute Gasteiger partial charge is 0.293 e. The number of hydrogen-bond donors (Lipinski definition) is 1. The van der Waals surface area contributed by atoms with Crippen LogP contribution >= 0.6 is 11.8 Å². The quantitative estimate of drug-likeness (QED) is 0.360. The molecule has 4 rings (SSSR count). The molecule has 1 aliphatic rings. The van der Waals surface area contributed by atoms with Gasteiger partial charge in [0.15, 0.2) is 18.1 Å². The Morgan fingerprint density at radius 3 is 2.59 bits per heavy atom. The number of amides is 3. The molecule has 1 N–H and O–H groups in total. The number of rotatable bonds is 9. The standard InChI is InChI=1S/C28H25FN2O5S/c1-3-35-24-14-19(11-12-23(24)36-17-26(32)30-21-9-6-7-18(2)13-21)15-25-27(33)31(28(34)37-25)16-20-8-4-5-10-22(20)29/h4-15H,3,16-17H2,1-2H3,(H,30,32)/b25-15+. The van der Waals surface area contributed by atoms with Gasteiger partial charge in [0.1, 0.15) is 5.82 Å². The summed E-state index contributed by atoms with van der Waals surface area (Å²) in [6, 6.07) is 18.5. The van der Waals surface area contributed by atoms with Crippen LogP contribution in [0, 0.1) is 12.7 Å². The van der Waals surface area contributed by atoms with Gasteiger partial charge in [-0.2, -0.15) is 0 Å². The van der Waals surface area contributed by atoms with E-state index in [1.165, 1.54) is 12.1 Å². The number of nitrogens with one attached hydrogen (secondary N) is 1. The van der Waals surface area contributed by atoms with Gasteiger partial charge in [-0.25, -0.2) is 4.39 Å². The first-order valence-electron chi connectivity index (χ1n) is 11.6. The third-order valence-corrected chi connectivity index (χ3v) is 6.29. The van der Waals surface area contributed by atoms with Gasteiger partial charge >= 0.3 is 0 Å². The number of hydrogen-bond acceptors (Lipinski definition) is 6. The van der Waals surface area contributed by atoms with Crippen molar-refractivity contribution < 1.29 is 28.2 Å². The summed E-state index contributed by atoms with van der Waals surface area (Å²) in [6.45, 7) is 3.74. The van der Waals surface area contributed by atoms with E-state index in [1.54, 1.807) is 42.5 Å². The second-order valence-corrected chi connectivity index (χ2v) is 9.20. The molecular weight excluding hydrogens is 495 g/mol. The van der Waals surface area contributed by atoms with Crippen molar-refractivity contribution in [3.05, 3.63) is 94.1 Å². The van der Waals surface area contributed by atoms with E-state index in [1.807, 2.05) is 32.0 Å². The van der Waals surface area contributed by atoms with Crippen LogP contribution in [0.25, 0.3) is 6.08 Å². The van der Waals surface area contributed by atoms with Gasteiger partial charge in [-0.05, 0) is 73.1 Å². The molecule has 0 aromatic heterocycles. The highest BCUT2D eigenvalue weighted by Crippen LogP contribution is 2.35. The topological polar surface area (TPSA) is 84.9 Å². The van der Waals surface area contributed by atoms with Crippen LogP contribution in [0.5, 0.6) is 11.5 Å². The van der Waals surface area contributed by atoms with Crippen molar-refractivity contribution in [2.24, 2.45) is 0 Å². The molecule has 190 valence electrons. The molecule has 9 heteroatoms. The maximum absolute atomic E-state index is 14.0. The zero-order chi connectivity index (χ0) is 26.4. The minimum Gasteiger partial charge on any atom is -0.490 e. The Kier molecular flexibility index (Phi) is 8.25. The van der Waals surface area contributed by atoms with Crippen molar-refractivity contribution in [1.82, 2.24) is 4.90 Å². The lowest BCUT2D eigenvalue weighted by Gasteiger charge is -2.13. The first-order valence-corrected chi connectivity index (χ1v) is 12.4. The van der Waals surface area contributed by atoms with Gasteiger partial charge in [0.05, 0.1) is 18.1 Å². The molecule has 1 fully saturated rings. The molecule has 0 saturated carbocycles.